The average molecular weight is 256 g/mol. The molecule has 17 heavy (non-hydrogen) atoms. The average Bonchev–Trinajstić information content (AvgIpc) is 2.16. The van der Waals surface area contributed by atoms with E-state index in [1.54, 1.807) is 0 Å². The largest absolute Gasteiger partial charge is 1.00 e. The van der Waals surface area contributed by atoms with Crippen LogP contribution in [0.25, 0.3) is 0 Å². The van der Waals surface area contributed by atoms with Crippen LogP contribution < -0.4 is 35.3 Å². The summed E-state index contributed by atoms with van der Waals surface area (Å²) in [5.41, 5.74) is 5.67. The third-order valence-electron chi connectivity index (χ3n) is 2.38. The van der Waals surface area contributed by atoms with E-state index in [2.05, 4.69) is 6.92 Å². The number of carboxylic acid groups (broad SMARTS) is 1. The van der Waals surface area contributed by atoms with Gasteiger partial charge in [-0.25, -0.2) is 0 Å². The van der Waals surface area contributed by atoms with E-state index in [4.69, 9.17) is 15.7 Å². The molecule has 0 rings (SSSR count). The number of carbonyl (C=O) groups is 1. The minimum absolute atomic E-state index is 0. The van der Waals surface area contributed by atoms with Crippen molar-refractivity contribution >= 4 is 5.97 Å². The van der Waals surface area contributed by atoms with Crippen LogP contribution in [0.4, 0.5) is 0 Å². The van der Waals surface area contributed by atoms with Crippen molar-refractivity contribution in [2.45, 2.75) is 52.2 Å². The van der Waals surface area contributed by atoms with Crippen molar-refractivity contribution in [2.75, 3.05) is 13.1 Å². The van der Waals surface area contributed by atoms with Gasteiger partial charge in [0.1, 0.15) is 6.54 Å². The van der Waals surface area contributed by atoms with Gasteiger partial charge in [0.15, 0.2) is 0 Å². The van der Waals surface area contributed by atoms with E-state index in [0.29, 0.717) is 6.54 Å². The smallest absolute Gasteiger partial charge is 1.00 e. The number of hydroxylamine groups is 2. The van der Waals surface area contributed by atoms with Gasteiger partial charge in [0.2, 0.25) is 0 Å². The Bertz CT molecular complexity index is 209. The van der Waals surface area contributed by atoms with E-state index in [0.717, 1.165) is 19.3 Å². The van der Waals surface area contributed by atoms with Gasteiger partial charge in [0, 0.05) is 12.6 Å². The molecule has 98 valence electrons. The van der Waals surface area contributed by atoms with Gasteiger partial charge in [-0.15, -0.1) is 0 Å². The normalized spacial score (nSPS) is 14.2. The number of carboxylic acids is 1. The van der Waals surface area contributed by atoms with Crippen molar-refractivity contribution in [1.29, 1.82) is 0 Å². The standard InChI is InChI=1S/C11H24N2O3.Na.H/c1-4-5-6-7-13(8-11(14)15)16-10(3)9(2)12;;/h9-10H,4-8,12H2,1-3H3,(H,14,15);;/q;+1;-1. The first kappa shape index (κ1) is 19.7. The Morgan fingerprint density at radius 1 is 1.47 bits per heavy atom. The van der Waals surface area contributed by atoms with Crippen LogP contribution in [-0.4, -0.2) is 41.4 Å². The van der Waals surface area contributed by atoms with Crippen LogP contribution in [0.1, 0.15) is 41.5 Å². The fourth-order valence-electron chi connectivity index (χ4n) is 1.19. The van der Waals surface area contributed by atoms with Crippen LogP contribution in [0.5, 0.6) is 0 Å². The van der Waals surface area contributed by atoms with Gasteiger partial charge >= 0.3 is 35.5 Å². The minimum Gasteiger partial charge on any atom is -1.00 e. The maximum atomic E-state index is 10.6. The Kier molecular flexibility index (Phi) is 13.2. The molecule has 2 atom stereocenters. The fraction of sp³-hybridized carbons (Fsp3) is 0.909. The topological polar surface area (TPSA) is 75.8 Å². The van der Waals surface area contributed by atoms with Gasteiger partial charge in [-0.3, -0.25) is 9.63 Å². The molecule has 0 fully saturated rings. The summed E-state index contributed by atoms with van der Waals surface area (Å²) in [6, 6.07) is -0.109. The zero-order valence-electron chi connectivity index (χ0n) is 12.5. The molecule has 2 unspecified atom stereocenters. The van der Waals surface area contributed by atoms with Crippen molar-refractivity contribution in [1.82, 2.24) is 5.06 Å². The number of aliphatic carboxylic acids is 1. The molecule has 0 aromatic carbocycles. The molecule has 0 radical (unpaired) electrons. The molecule has 3 N–H and O–H groups in total. The summed E-state index contributed by atoms with van der Waals surface area (Å²) in [6.45, 7) is 6.33. The molecule has 0 amide bonds. The van der Waals surface area contributed by atoms with Crippen LogP contribution in [0.2, 0.25) is 0 Å². The van der Waals surface area contributed by atoms with Crippen LogP contribution >= 0.6 is 0 Å². The predicted molar refractivity (Wildman–Crippen MR) is 64.0 cm³/mol. The summed E-state index contributed by atoms with van der Waals surface area (Å²) in [7, 11) is 0. The quantitative estimate of drug-likeness (QED) is 0.294. The van der Waals surface area contributed by atoms with Gasteiger partial charge in [0.25, 0.3) is 0 Å². The first-order chi connectivity index (χ1) is 7.47. The fourth-order valence-corrected chi connectivity index (χ4v) is 1.19. The molecule has 0 spiro atoms. The maximum absolute atomic E-state index is 10.6. The third-order valence-corrected chi connectivity index (χ3v) is 2.38. The number of unbranched alkanes of at least 4 members (excludes halogenated alkanes) is 2. The van der Waals surface area contributed by atoms with E-state index in [-0.39, 0.29) is 49.7 Å². The Balaban J connectivity index is -0.00000112. The molecule has 5 nitrogen and oxygen atoms in total. The zero-order chi connectivity index (χ0) is 12.6. The van der Waals surface area contributed by atoms with Gasteiger partial charge in [-0.2, -0.15) is 5.06 Å². The second-order valence-electron chi connectivity index (χ2n) is 4.13. The second kappa shape index (κ2) is 11.4. The molecule has 0 aliphatic rings. The molecule has 0 saturated carbocycles. The Morgan fingerprint density at radius 3 is 2.47 bits per heavy atom. The van der Waals surface area contributed by atoms with Crippen molar-refractivity contribution < 1.29 is 45.7 Å². The minimum atomic E-state index is -0.881. The van der Waals surface area contributed by atoms with Crippen LogP contribution in [0.3, 0.4) is 0 Å². The van der Waals surface area contributed by atoms with Crippen molar-refractivity contribution in [2.24, 2.45) is 5.73 Å². The predicted octanol–water partition coefficient (Wildman–Crippen LogP) is -1.65. The monoisotopic (exact) mass is 256 g/mol. The molecule has 0 aromatic rings. The summed E-state index contributed by atoms with van der Waals surface area (Å²) in [4.78, 5) is 16.1. The van der Waals surface area contributed by atoms with Crippen molar-refractivity contribution in [3.8, 4) is 0 Å². The van der Waals surface area contributed by atoms with E-state index < -0.39 is 5.97 Å². The van der Waals surface area contributed by atoms with E-state index in [9.17, 15) is 4.79 Å². The molecule has 0 saturated heterocycles. The Labute approximate surface area is 127 Å². The summed E-state index contributed by atoms with van der Waals surface area (Å²) in [5.74, 6) is -0.881. The van der Waals surface area contributed by atoms with E-state index >= 15 is 0 Å². The molecule has 0 aliphatic carbocycles. The van der Waals surface area contributed by atoms with Gasteiger partial charge in [-0.05, 0) is 20.3 Å². The van der Waals surface area contributed by atoms with Crippen molar-refractivity contribution in [3.63, 3.8) is 0 Å². The Hall–Kier alpha value is 0.350. The molecule has 0 heterocycles. The van der Waals surface area contributed by atoms with Crippen LogP contribution in [0.15, 0.2) is 0 Å². The summed E-state index contributed by atoms with van der Waals surface area (Å²) < 4.78 is 0. The van der Waals surface area contributed by atoms with E-state index in [1.165, 1.54) is 5.06 Å². The molecular formula is C11H25N2NaO3. The molecule has 0 aromatic heterocycles. The second-order valence-corrected chi connectivity index (χ2v) is 4.13. The first-order valence-electron chi connectivity index (χ1n) is 5.86. The summed E-state index contributed by atoms with van der Waals surface area (Å²) >= 11 is 0. The summed E-state index contributed by atoms with van der Waals surface area (Å²) in [5, 5.41) is 10.2. The number of rotatable bonds is 9. The van der Waals surface area contributed by atoms with Gasteiger partial charge in [0.05, 0.1) is 6.10 Å². The van der Waals surface area contributed by atoms with Crippen LogP contribution in [0, 0.1) is 0 Å². The number of hydrogen-bond donors (Lipinski definition) is 2. The van der Waals surface area contributed by atoms with E-state index in [1.807, 2.05) is 13.8 Å². The molecular weight excluding hydrogens is 231 g/mol. The first-order valence-corrected chi connectivity index (χ1v) is 5.86. The van der Waals surface area contributed by atoms with Crippen LogP contribution in [-0.2, 0) is 9.63 Å². The van der Waals surface area contributed by atoms with Gasteiger partial charge in [-0.1, -0.05) is 19.8 Å². The Morgan fingerprint density at radius 2 is 2.06 bits per heavy atom. The SMILES string of the molecule is CCCCCN(CC(=O)O)OC(C)C(C)N.[H-].[Na+]. The summed E-state index contributed by atoms with van der Waals surface area (Å²) in [6.07, 6.45) is 2.95. The van der Waals surface area contributed by atoms with Gasteiger partial charge < -0.3 is 12.3 Å². The zero-order valence-corrected chi connectivity index (χ0v) is 13.5. The number of nitrogens with zero attached hydrogens (tertiary/aromatic N) is 1. The number of hydrogen-bond acceptors (Lipinski definition) is 4. The maximum Gasteiger partial charge on any atom is 1.00 e. The molecule has 0 aliphatic heterocycles. The molecule has 0 bridgehead atoms. The third kappa shape index (κ3) is 11.2. The number of nitrogens with two attached hydrogens (primary N) is 1. The van der Waals surface area contributed by atoms with Crippen molar-refractivity contribution in [3.05, 3.63) is 0 Å². The molecule has 6 heteroatoms.